The maximum atomic E-state index is 15.5. The van der Waals surface area contributed by atoms with Crippen LogP contribution in [0.15, 0.2) is 12.1 Å². The normalized spacial score (nSPS) is 14.1. The first kappa shape index (κ1) is 32.9. The molecule has 40 heavy (non-hydrogen) atoms. The smallest absolute Gasteiger partial charge is 0.250 e. The van der Waals surface area contributed by atoms with Gasteiger partial charge in [-0.05, 0) is 88.9 Å². The summed E-state index contributed by atoms with van der Waals surface area (Å²) in [4.78, 5) is 9.65. The van der Waals surface area contributed by atoms with Gasteiger partial charge in [0.2, 0.25) is 0 Å². The van der Waals surface area contributed by atoms with Crippen LogP contribution in [0.5, 0.6) is 5.75 Å². The molecule has 3 aromatic rings. The molecule has 0 fully saturated rings. The number of fused-ring (bicyclic) bond motifs is 1. The number of hydrogen-bond acceptors (Lipinski definition) is 6. The molecule has 0 aliphatic heterocycles. The standard InChI is InChI=1S/C29H47FIN5O2Si2/c1-13-19-14-22(38-40(11,12)29(6,7)8)21(30)15-20(19)25-33-26(23-24(31)35-36-27(23)34-25)32-16-18(2)17-37-39(9,10)28(3,4)5/h14-15,18H,13,16-17H2,1-12H3,(H2,32,33,34,35,36). The van der Waals surface area contributed by atoms with Crippen molar-refractivity contribution in [3.05, 3.63) is 27.2 Å². The Hall–Kier alpha value is -1.58. The average Bonchev–Trinajstić information content (AvgIpc) is 3.21. The number of rotatable bonds is 10. The molecule has 11 heteroatoms. The lowest BCUT2D eigenvalue weighted by molar-refractivity contribution is 0.243. The summed E-state index contributed by atoms with van der Waals surface area (Å²) in [7, 11) is -4.04. The van der Waals surface area contributed by atoms with Gasteiger partial charge in [0.25, 0.3) is 8.32 Å². The van der Waals surface area contributed by atoms with Crippen LogP contribution in [0.25, 0.3) is 22.4 Å². The van der Waals surface area contributed by atoms with Crippen molar-refractivity contribution in [1.29, 1.82) is 0 Å². The zero-order valence-corrected chi connectivity index (χ0v) is 30.4. The van der Waals surface area contributed by atoms with Crippen LogP contribution in [0.3, 0.4) is 0 Å². The number of nitrogens with zero attached hydrogens (tertiary/aromatic N) is 3. The van der Waals surface area contributed by atoms with Gasteiger partial charge < -0.3 is 14.2 Å². The zero-order chi connectivity index (χ0) is 30.3. The highest BCUT2D eigenvalue weighted by Crippen LogP contribution is 2.40. The Morgan fingerprint density at radius 1 is 1.02 bits per heavy atom. The Morgan fingerprint density at radius 3 is 2.23 bits per heavy atom. The van der Waals surface area contributed by atoms with E-state index in [4.69, 9.17) is 18.8 Å². The van der Waals surface area contributed by atoms with E-state index in [0.29, 0.717) is 48.2 Å². The monoisotopic (exact) mass is 699 g/mol. The van der Waals surface area contributed by atoms with Crippen molar-refractivity contribution in [3.63, 3.8) is 0 Å². The molecule has 0 aliphatic carbocycles. The predicted molar refractivity (Wildman–Crippen MR) is 178 cm³/mol. The number of anilines is 1. The maximum Gasteiger partial charge on any atom is 0.250 e. The molecule has 222 valence electrons. The van der Waals surface area contributed by atoms with E-state index in [0.717, 1.165) is 14.7 Å². The lowest BCUT2D eigenvalue weighted by Gasteiger charge is -2.37. The molecular formula is C29H47FIN5O2Si2. The van der Waals surface area contributed by atoms with Crippen LogP contribution in [-0.2, 0) is 10.8 Å². The van der Waals surface area contributed by atoms with E-state index in [2.05, 4.69) is 113 Å². The Balaban J connectivity index is 1.93. The molecule has 2 N–H and O–H groups in total. The molecule has 0 spiro atoms. The van der Waals surface area contributed by atoms with E-state index < -0.39 is 22.5 Å². The average molecular weight is 700 g/mol. The minimum Gasteiger partial charge on any atom is -0.542 e. The SMILES string of the molecule is CCc1cc(O[Si](C)(C)C(C)(C)C)c(F)cc1-c1nc(NCC(C)CO[Si](C)(C)C(C)(C)C)c2c(I)n[nH]c2n1. The summed E-state index contributed by atoms with van der Waals surface area (Å²) in [6, 6.07) is 3.34. The number of aromatic amines is 1. The Bertz CT molecular complexity index is 1350. The zero-order valence-electron chi connectivity index (χ0n) is 26.3. The van der Waals surface area contributed by atoms with Gasteiger partial charge >= 0.3 is 0 Å². The van der Waals surface area contributed by atoms with Gasteiger partial charge in [-0.2, -0.15) is 5.10 Å². The second-order valence-corrected chi connectivity index (χ2v) is 24.4. The number of aromatic nitrogens is 4. The van der Waals surface area contributed by atoms with Crippen molar-refractivity contribution in [1.82, 2.24) is 20.2 Å². The summed E-state index contributed by atoms with van der Waals surface area (Å²) in [6.07, 6.45) is 0.690. The Kier molecular flexibility index (Phi) is 9.85. The molecule has 1 aromatic carbocycles. The first-order valence-corrected chi connectivity index (χ1v) is 21.0. The topological polar surface area (TPSA) is 85.0 Å². The summed E-state index contributed by atoms with van der Waals surface area (Å²) >= 11 is 2.19. The fraction of sp³-hybridized carbons (Fsp3) is 0.621. The van der Waals surface area contributed by atoms with Gasteiger partial charge in [0.1, 0.15) is 15.3 Å². The van der Waals surface area contributed by atoms with Crippen LogP contribution < -0.4 is 9.74 Å². The van der Waals surface area contributed by atoms with Crippen LogP contribution in [0.2, 0.25) is 36.3 Å². The molecule has 7 nitrogen and oxygen atoms in total. The lowest BCUT2D eigenvalue weighted by atomic mass is 10.0. The van der Waals surface area contributed by atoms with E-state index in [1.165, 1.54) is 6.07 Å². The highest BCUT2D eigenvalue weighted by Gasteiger charge is 2.40. The minimum absolute atomic E-state index is 0.0379. The molecule has 0 aliphatic rings. The second-order valence-electron chi connectivity index (χ2n) is 13.8. The summed E-state index contributed by atoms with van der Waals surface area (Å²) in [6.45, 7) is 27.6. The van der Waals surface area contributed by atoms with Crippen LogP contribution >= 0.6 is 22.6 Å². The Labute approximate surface area is 255 Å². The van der Waals surface area contributed by atoms with E-state index in [1.54, 1.807) is 0 Å². The van der Waals surface area contributed by atoms with Gasteiger partial charge in [-0.3, -0.25) is 5.10 Å². The minimum atomic E-state index is -2.21. The van der Waals surface area contributed by atoms with Crippen molar-refractivity contribution < 1.29 is 13.2 Å². The number of nitrogens with one attached hydrogen (secondary N) is 2. The largest absolute Gasteiger partial charge is 0.542 e. The molecule has 0 saturated carbocycles. The first-order valence-electron chi connectivity index (χ1n) is 14.1. The molecule has 0 radical (unpaired) electrons. The lowest BCUT2D eigenvalue weighted by Crippen LogP contribution is -2.44. The number of benzene rings is 1. The highest BCUT2D eigenvalue weighted by molar-refractivity contribution is 14.1. The molecule has 0 saturated heterocycles. The number of H-pyrrole nitrogens is 1. The Morgan fingerprint density at radius 2 is 1.65 bits per heavy atom. The van der Waals surface area contributed by atoms with Gasteiger partial charge in [0.05, 0.1) is 5.39 Å². The molecule has 2 heterocycles. The van der Waals surface area contributed by atoms with Crippen molar-refractivity contribution in [2.24, 2.45) is 5.92 Å². The fourth-order valence-corrected chi connectivity index (χ4v) is 6.42. The van der Waals surface area contributed by atoms with E-state index in [-0.39, 0.29) is 16.0 Å². The molecule has 1 unspecified atom stereocenters. The summed E-state index contributed by atoms with van der Waals surface area (Å²) < 4.78 is 29.1. The molecule has 1 atom stereocenters. The van der Waals surface area contributed by atoms with Crippen LogP contribution in [0.4, 0.5) is 10.2 Å². The summed E-state index contributed by atoms with van der Waals surface area (Å²) in [5.41, 5.74) is 2.21. The molecule has 0 amide bonds. The van der Waals surface area contributed by atoms with Crippen molar-refractivity contribution in [3.8, 4) is 17.1 Å². The predicted octanol–water partition coefficient (Wildman–Crippen LogP) is 8.78. The third-order valence-corrected chi connectivity index (χ3v) is 18.1. The second kappa shape index (κ2) is 12.0. The number of aryl methyl sites for hydroxylation is 1. The van der Waals surface area contributed by atoms with Gasteiger partial charge in [0, 0.05) is 18.7 Å². The van der Waals surface area contributed by atoms with Crippen LogP contribution in [0, 0.1) is 15.4 Å². The first-order chi connectivity index (χ1) is 18.3. The van der Waals surface area contributed by atoms with Gasteiger partial charge in [-0.15, -0.1) is 0 Å². The summed E-state index contributed by atoms with van der Waals surface area (Å²) in [5.74, 6) is 1.31. The van der Waals surface area contributed by atoms with Crippen LogP contribution in [0.1, 0.15) is 61.0 Å². The molecule has 3 rings (SSSR count). The van der Waals surface area contributed by atoms with E-state index in [9.17, 15) is 0 Å². The molecular weight excluding hydrogens is 652 g/mol. The van der Waals surface area contributed by atoms with E-state index in [1.807, 2.05) is 13.0 Å². The van der Waals surface area contributed by atoms with E-state index >= 15 is 4.39 Å². The number of halogens is 2. The highest BCUT2D eigenvalue weighted by atomic mass is 127. The molecule has 0 bridgehead atoms. The van der Waals surface area contributed by atoms with Gasteiger partial charge in [-0.25, -0.2) is 14.4 Å². The maximum absolute atomic E-state index is 15.5. The quantitative estimate of drug-likeness (QED) is 0.163. The third-order valence-electron chi connectivity index (χ3n) is 8.48. The van der Waals surface area contributed by atoms with Crippen molar-refractivity contribution in [2.75, 3.05) is 18.5 Å². The van der Waals surface area contributed by atoms with Crippen molar-refractivity contribution >= 4 is 56.1 Å². The van der Waals surface area contributed by atoms with Crippen LogP contribution in [-0.4, -0.2) is 50.0 Å². The molecule has 2 aromatic heterocycles. The third kappa shape index (κ3) is 7.25. The van der Waals surface area contributed by atoms with Gasteiger partial charge in [-0.1, -0.05) is 55.4 Å². The van der Waals surface area contributed by atoms with Crippen molar-refractivity contribution in [2.45, 2.75) is 98.1 Å². The summed E-state index contributed by atoms with van der Waals surface area (Å²) in [5, 5.41) is 11.9. The van der Waals surface area contributed by atoms with Gasteiger partial charge in [0.15, 0.2) is 25.6 Å². The fourth-order valence-electron chi connectivity index (χ4n) is 3.64. The number of hydrogen-bond donors (Lipinski definition) is 2.